The van der Waals surface area contributed by atoms with Crippen molar-refractivity contribution >= 4 is 15.7 Å². The first-order valence-corrected chi connectivity index (χ1v) is 10.0. The topological polar surface area (TPSA) is 93.4 Å². The Morgan fingerprint density at radius 3 is 2.48 bits per heavy atom. The molecule has 1 amide bonds. The van der Waals surface area contributed by atoms with Gasteiger partial charge in [0, 0.05) is 18.7 Å². The minimum Gasteiger partial charge on any atom is -0.408 e. The molecule has 0 saturated carbocycles. The molecule has 1 aliphatic heterocycles. The number of hydrogen-bond donors (Lipinski definition) is 0. The van der Waals surface area contributed by atoms with E-state index in [0.29, 0.717) is 18.7 Å². The van der Waals surface area contributed by atoms with E-state index >= 15 is 0 Å². The predicted octanol–water partition coefficient (Wildman–Crippen LogP) is 2.22. The quantitative estimate of drug-likeness (QED) is 0.827. The van der Waals surface area contributed by atoms with E-state index in [1.807, 2.05) is 25.1 Å². The largest absolute Gasteiger partial charge is 0.408 e. The van der Waals surface area contributed by atoms with Crippen molar-refractivity contribution < 1.29 is 17.6 Å². The SMILES string of the molecule is Cc1ccccc1-c1nnc(S(=O)(=O)CC(=O)N2CCCCCC2)o1. The van der Waals surface area contributed by atoms with Gasteiger partial charge in [-0.25, -0.2) is 8.42 Å². The minimum atomic E-state index is -3.95. The second-order valence-corrected chi connectivity index (χ2v) is 8.11. The van der Waals surface area contributed by atoms with Gasteiger partial charge in [0.05, 0.1) is 0 Å². The Labute approximate surface area is 147 Å². The Morgan fingerprint density at radius 2 is 1.80 bits per heavy atom. The number of rotatable bonds is 4. The Hall–Kier alpha value is -2.22. The predicted molar refractivity (Wildman–Crippen MR) is 91.6 cm³/mol. The molecule has 1 aliphatic rings. The third-order valence-corrected chi connectivity index (χ3v) is 5.64. The van der Waals surface area contributed by atoms with E-state index < -0.39 is 26.7 Å². The number of likely N-dealkylation sites (tertiary alicyclic amines) is 1. The number of carbonyl (C=O) groups excluding carboxylic acids is 1. The zero-order valence-corrected chi connectivity index (χ0v) is 15.0. The van der Waals surface area contributed by atoms with Crippen LogP contribution in [0, 0.1) is 6.92 Å². The van der Waals surface area contributed by atoms with Gasteiger partial charge in [-0.2, -0.15) is 0 Å². The highest BCUT2D eigenvalue weighted by Gasteiger charge is 2.29. The van der Waals surface area contributed by atoms with Crippen LogP contribution in [0.5, 0.6) is 0 Å². The summed E-state index contributed by atoms with van der Waals surface area (Å²) < 4.78 is 30.3. The van der Waals surface area contributed by atoms with E-state index in [0.717, 1.165) is 31.2 Å². The molecule has 1 aromatic heterocycles. The maximum atomic E-state index is 12.5. The minimum absolute atomic E-state index is 0.138. The monoisotopic (exact) mass is 363 g/mol. The summed E-state index contributed by atoms with van der Waals surface area (Å²) in [7, 11) is -3.95. The lowest BCUT2D eigenvalue weighted by Gasteiger charge is -2.19. The molecule has 2 aromatic rings. The molecule has 0 aliphatic carbocycles. The molecule has 0 radical (unpaired) electrons. The summed E-state index contributed by atoms with van der Waals surface area (Å²) in [6.07, 6.45) is 3.95. The summed E-state index contributed by atoms with van der Waals surface area (Å²) in [5, 5.41) is 6.97. The average molecular weight is 363 g/mol. The molecule has 1 saturated heterocycles. The third kappa shape index (κ3) is 4.07. The maximum Gasteiger partial charge on any atom is 0.336 e. The van der Waals surface area contributed by atoms with Crippen LogP contribution in [0.3, 0.4) is 0 Å². The van der Waals surface area contributed by atoms with E-state index in [1.165, 1.54) is 0 Å². The van der Waals surface area contributed by atoms with Gasteiger partial charge in [-0.15, -0.1) is 5.10 Å². The van der Waals surface area contributed by atoms with Crippen molar-refractivity contribution in [2.24, 2.45) is 0 Å². The fourth-order valence-corrected chi connectivity index (χ4v) is 3.90. The maximum absolute atomic E-state index is 12.5. The first kappa shape index (κ1) is 17.6. The van der Waals surface area contributed by atoms with E-state index in [-0.39, 0.29) is 5.89 Å². The van der Waals surface area contributed by atoms with Crippen LogP contribution >= 0.6 is 0 Å². The molecule has 1 fully saturated rings. The van der Waals surface area contributed by atoms with Gasteiger partial charge in [-0.1, -0.05) is 36.1 Å². The number of aryl methyl sites for hydroxylation is 1. The molecule has 1 aromatic carbocycles. The first-order valence-electron chi connectivity index (χ1n) is 8.37. The van der Waals surface area contributed by atoms with Gasteiger partial charge in [0.1, 0.15) is 5.75 Å². The lowest BCUT2D eigenvalue weighted by molar-refractivity contribution is -0.128. The molecule has 0 spiro atoms. The highest BCUT2D eigenvalue weighted by Crippen LogP contribution is 2.23. The number of hydrogen-bond acceptors (Lipinski definition) is 6. The fourth-order valence-electron chi connectivity index (χ4n) is 2.89. The van der Waals surface area contributed by atoms with Crippen LogP contribution < -0.4 is 0 Å². The summed E-state index contributed by atoms with van der Waals surface area (Å²) in [6.45, 7) is 3.08. The molecule has 7 nitrogen and oxygen atoms in total. The van der Waals surface area contributed by atoms with Gasteiger partial charge < -0.3 is 9.32 Å². The molecule has 0 N–H and O–H groups in total. The van der Waals surface area contributed by atoms with Gasteiger partial charge in [-0.05, 0) is 31.4 Å². The highest BCUT2D eigenvalue weighted by atomic mass is 32.2. The first-order chi connectivity index (χ1) is 12.0. The Kier molecular flexibility index (Phi) is 5.17. The van der Waals surface area contributed by atoms with Crippen molar-refractivity contribution in [1.82, 2.24) is 15.1 Å². The summed E-state index contributed by atoms with van der Waals surface area (Å²) in [6, 6.07) is 7.33. The molecular weight excluding hydrogens is 342 g/mol. The summed E-state index contributed by atoms with van der Waals surface area (Å²) >= 11 is 0. The molecule has 3 rings (SSSR count). The number of sulfone groups is 1. The standard InChI is InChI=1S/C17H21N3O4S/c1-13-8-4-5-9-14(13)16-18-19-17(24-16)25(22,23)12-15(21)20-10-6-2-3-7-11-20/h4-5,8-9H,2-3,6-7,10-12H2,1H3. The van der Waals surface area contributed by atoms with Gasteiger partial charge in [-0.3, -0.25) is 4.79 Å². The van der Waals surface area contributed by atoms with Crippen molar-refractivity contribution in [2.75, 3.05) is 18.8 Å². The molecule has 0 bridgehead atoms. The molecule has 8 heteroatoms. The van der Waals surface area contributed by atoms with E-state index in [9.17, 15) is 13.2 Å². The molecule has 134 valence electrons. The Balaban J connectivity index is 1.76. The number of nitrogens with zero attached hydrogens (tertiary/aromatic N) is 3. The van der Waals surface area contributed by atoms with Gasteiger partial charge >= 0.3 is 5.22 Å². The van der Waals surface area contributed by atoms with Crippen LogP contribution in [-0.4, -0.2) is 48.3 Å². The molecule has 0 unspecified atom stereocenters. The van der Waals surface area contributed by atoms with Crippen LogP contribution in [-0.2, 0) is 14.6 Å². The summed E-state index contributed by atoms with van der Waals surface area (Å²) in [5.41, 5.74) is 1.58. The van der Waals surface area contributed by atoms with Crippen LogP contribution in [0.15, 0.2) is 33.9 Å². The molecule has 0 atom stereocenters. The van der Waals surface area contributed by atoms with Crippen molar-refractivity contribution in [1.29, 1.82) is 0 Å². The fraction of sp³-hybridized carbons (Fsp3) is 0.471. The summed E-state index contributed by atoms with van der Waals surface area (Å²) in [4.78, 5) is 13.9. The van der Waals surface area contributed by atoms with E-state index in [1.54, 1.807) is 11.0 Å². The molecular formula is C17H21N3O4S. The normalized spacial score (nSPS) is 15.8. The van der Waals surface area contributed by atoms with Crippen LogP contribution in [0.2, 0.25) is 0 Å². The Morgan fingerprint density at radius 1 is 1.12 bits per heavy atom. The van der Waals surface area contributed by atoms with Crippen molar-refractivity contribution in [3.05, 3.63) is 29.8 Å². The summed E-state index contributed by atoms with van der Waals surface area (Å²) in [5.74, 6) is -0.904. The van der Waals surface area contributed by atoms with E-state index in [2.05, 4.69) is 10.2 Å². The number of benzene rings is 1. The molecule has 25 heavy (non-hydrogen) atoms. The van der Waals surface area contributed by atoms with Gasteiger partial charge in [0.15, 0.2) is 0 Å². The molecule has 2 heterocycles. The lowest BCUT2D eigenvalue weighted by atomic mass is 10.1. The highest BCUT2D eigenvalue weighted by molar-refractivity contribution is 7.91. The third-order valence-electron chi connectivity index (χ3n) is 4.32. The van der Waals surface area contributed by atoms with Crippen LogP contribution in [0.25, 0.3) is 11.5 Å². The second-order valence-electron chi connectivity index (χ2n) is 6.24. The Bertz CT molecular complexity index is 852. The van der Waals surface area contributed by atoms with Gasteiger partial charge in [0.25, 0.3) is 0 Å². The lowest BCUT2D eigenvalue weighted by Crippen LogP contribution is -2.36. The average Bonchev–Trinajstić information content (AvgIpc) is 2.91. The number of aromatic nitrogens is 2. The van der Waals surface area contributed by atoms with Crippen molar-refractivity contribution in [3.8, 4) is 11.5 Å². The zero-order valence-electron chi connectivity index (χ0n) is 14.1. The van der Waals surface area contributed by atoms with Crippen molar-refractivity contribution in [2.45, 2.75) is 37.8 Å². The van der Waals surface area contributed by atoms with Crippen LogP contribution in [0.4, 0.5) is 0 Å². The zero-order chi connectivity index (χ0) is 17.9. The number of amides is 1. The smallest absolute Gasteiger partial charge is 0.336 e. The van der Waals surface area contributed by atoms with Crippen molar-refractivity contribution in [3.63, 3.8) is 0 Å². The van der Waals surface area contributed by atoms with Crippen LogP contribution in [0.1, 0.15) is 31.2 Å². The second kappa shape index (κ2) is 7.35. The number of carbonyl (C=O) groups is 1. The van der Waals surface area contributed by atoms with E-state index in [4.69, 9.17) is 4.42 Å². The van der Waals surface area contributed by atoms with Gasteiger partial charge in [0.2, 0.25) is 21.6 Å².